The fourth-order valence-corrected chi connectivity index (χ4v) is 1.99. The number of hydrogen-bond acceptors (Lipinski definition) is 7. The van der Waals surface area contributed by atoms with Crippen LogP contribution in [0.2, 0.25) is 0 Å². The molecule has 2 aromatic rings. The highest BCUT2D eigenvalue weighted by atomic mass is 127. The highest BCUT2D eigenvalue weighted by Crippen LogP contribution is 2.22. The van der Waals surface area contributed by atoms with Gasteiger partial charge in [0.2, 0.25) is 11.9 Å². The molecule has 2 rings (SSSR count). The Morgan fingerprint density at radius 3 is 2.70 bits per heavy atom. The van der Waals surface area contributed by atoms with Gasteiger partial charge < -0.3 is 10.1 Å². The Labute approximate surface area is 128 Å². The van der Waals surface area contributed by atoms with E-state index in [0.717, 1.165) is 0 Å². The number of aromatic nitrogens is 3. The Kier molecular flexibility index (Phi) is 4.84. The zero-order chi connectivity index (χ0) is 14.5. The van der Waals surface area contributed by atoms with E-state index in [1.54, 1.807) is 6.07 Å². The summed E-state index contributed by atoms with van der Waals surface area (Å²) in [7, 11) is 0. The molecule has 20 heavy (non-hydrogen) atoms. The molecular weight excluding hydrogens is 378 g/mol. The maximum Gasteiger partial charge on any atom is 0.323 e. The van der Waals surface area contributed by atoms with Crippen molar-refractivity contribution in [3.05, 3.63) is 27.6 Å². The average Bonchev–Trinajstić information content (AvgIpc) is 2.42. The molecule has 0 spiro atoms. The van der Waals surface area contributed by atoms with Crippen LogP contribution < -0.4 is 21.3 Å². The average molecular weight is 390 g/mol. The summed E-state index contributed by atoms with van der Waals surface area (Å²) in [5.41, 5.74) is 3.00. The number of nitrogen functional groups attached to an aromatic ring is 1. The zero-order valence-corrected chi connectivity index (χ0v) is 12.7. The Bertz CT molecular complexity index is 611. The normalized spacial score (nSPS) is 10.2. The van der Waals surface area contributed by atoms with Gasteiger partial charge in [0.25, 0.3) is 0 Å². The van der Waals surface area contributed by atoms with Crippen LogP contribution in [0.15, 0.2) is 18.2 Å². The molecule has 0 aliphatic heterocycles. The van der Waals surface area contributed by atoms with E-state index in [-0.39, 0.29) is 23.7 Å². The molecule has 7 nitrogen and oxygen atoms in total. The Morgan fingerprint density at radius 1 is 1.30 bits per heavy atom. The van der Waals surface area contributed by atoms with Crippen molar-refractivity contribution >= 4 is 40.2 Å². The molecule has 0 fully saturated rings. The molecule has 0 atom stereocenters. The Hall–Kier alpha value is -1.75. The minimum Gasteiger partial charge on any atom is -0.464 e. The van der Waals surface area contributed by atoms with E-state index in [4.69, 9.17) is 10.6 Å². The van der Waals surface area contributed by atoms with E-state index < -0.39 is 0 Å². The quantitative estimate of drug-likeness (QED) is 0.408. The van der Waals surface area contributed by atoms with Gasteiger partial charge in [0.1, 0.15) is 5.82 Å². The predicted molar refractivity (Wildman–Crippen MR) is 81.2 cm³/mol. The molecule has 4 N–H and O–H groups in total. The summed E-state index contributed by atoms with van der Waals surface area (Å²) in [4.78, 5) is 12.1. The third-order valence-corrected chi connectivity index (χ3v) is 3.09. The van der Waals surface area contributed by atoms with Gasteiger partial charge in [0.05, 0.1) is 12.3 Å². The van der Waals surface area contributed by atoms with Gasteiger partial charge in [-0.1, -0.05) is 0 Å². The van der Waals surface area contributed by atoms with Gasteiger partial charge in [0.15, 0.2) is 0 Å². The third kappa shape index (κ3) is 3.63. The van der Waals surface area contributed by atoms with Crippen molar-refractivity contribution < 1.29 is 9.13 Å². The lowest BCUT2D eigenvalue weighted by molar-refractivity contribution is 0.312. The lowest BCUT2D eigenvalue weighted by Gasteiger charge is -2.09. The number of hydrogen-bond donors (Lipinski definition) is 3. The van der Waals surface area contributed by atoms with Gasteiger partial charge in [0, 0.05) is 3.57 Å². The second kappa shape index (κ2) is 6.61. The summed E-state index contributed by atoms with van der Waals surface area (Å²) in [6.07, 6.45) is 0. The number of halogens is 2. The molecule has 1 aromatic heterocycles. The number of ether oxygens (including phenoxy) is 1. The maximum absolute atomic E-state index is 13.0. The van der Waals surface area contributed by atoms with Gasteiger partial charge in [-0.15, -0.1) is 0 Å². The molecule has 0 saturated heterocycles. The van der Waals surface area contributed by atoms with Crippen LogP contribution in [0.1, 0.15) is 6.92 Å². The van der Waals surface area contributed by atoms with E-state index in [1.165, 1.54) is 12.1 Å². The minimum absolute atomic E-state index is 0.148. The first-order chi connectivity index (χ1) is 9.62. The van der Waals surface area contributed by atoms with Crippen molar-refractivity contribution in [1.82, 2.24) is 15.0 Å². The zero-order valence-electron chi connectivity index (χ0n) is 10.5. The van der Waals surface area contributed by atoms with Crippen molar-refractivity contribution in [3.8, 4) is 6.01 Å². The number of nitrogens with two attached hydrogens (primary N) is 1. The fraction of sp³-hybridized carbons (Fsp3) is 0.182. The first-order valence-electron chi connectivity index (χ1n) is 5.70. The highest BCUT2D eigenvalue weighted by molar-refractivity contribution is 14.1. The molecule has 0 aliphatic carbocycles. The Morgan fingerprint density at radius 2 is 2.05 bits per heavy atom. The second-order valence-corrected chi connectivity index (χ2v) is 4.75. The van der Waals surface area contributed by atoms with Crippen LogP contribution in [-0.2, 0) is 0 Å². The van der Waals surface area contributed by atoms with Crippen molar-refractivity contribution in [3.63, 3.8) is 0 Å². The van der Waals surface area contributed by atoms with Crippen molar-refractivity contribution in [2.45, 2.75) is 6.92 Å². The standard InChI is InChI=1S/C11H12FIN6O/c1-2-20-11-17-9(16-10(18-11)19-14)15-8-4-3-6(12)5-7(8)13/h3-5H,2,14H2,1H3,(H2,15,16,17,18,19). The first-order valence-corrected chi connectivity index (χ1v) is 6.77. The summed E-state index contributed by atoms with van der Waals surface area (Å²) in [6, 6.07) is 4.49. The molecule has 0 unspecified atom stereocenters. The number of benzene rings is 1. The van der Waals surface area contributed by atoms with Crippen LogP contribution in [0.5, 0.6) is 6.01 Å². The second-order valence-electron chi connectivity index (χ2n) is 3.59. The van der Waals surface area contributed by atoms with E-state index in [9.17, 15) is 4.39 Å². The summed E-state index contributed by atoms with van der Waals surface area (Å²) in [6.45, 7) is 2.23. The monoisotopic (exact) mass is 390 g/mol. The molecule has 0 saturated carbocycles. The van der Waals surface area contributed by atoms with Crippen LogP contribution in [-0.4, -0.2) is 21.6 Å². The SMILES string of the molecule is CCOc1nc(NN)nc(Nc2ccc(F)cc2I)n1. The predicted octanol–water partition coefficient (Wildman–Crippen LogP) is 2.04. The lowest BCUT2D eigenvalue weighted by Crippen LogP contribution is -2.13. The maximum atomic E-state index is 13.0. The fourth-order valence-electron chi connectivity index (χ4n) is 1.38. The van der Waals surface area contributed by atoms with Gasteiger partial charge in [-0.05, 0) is 47.7 Å². The molecule has 0 aliphatic rings. The van der Waals surface area contributed by atoms with Crippen LogP contribution in [0.4, 0.5) is 22.0 Å². The van der Waals surface area contributed by atoms with Gasteiger partial charge >= 0.3 is 6.01 Å². The van der Waals surface area contributed by atoms with Crippen LogP contribution in [0, 0.1) is 9.39 Å². The van der Waals surface area contributed by atoms with Gasteiger partial charge in [-0.3, -0.25) is 5.43 Å². The molecule has 0 amide bonds. The van der Waals surface area contributed by atoms with E-state index in [2.05, 4.69) is 25.7 Å². The third-order valence-electron chi connectivity index (χ3n) is 2.20. The van der Waals surface area contributed by atoms with Crippen LogP contribution in [0.3, 0.4) is 0 Å². The Balaban J connectivity index is 2.29. The lowest BCUT2D eigenvalue weighted by atomic mass is 10.3. The molecule has 1 aromatic carbocycles. The van der Waals surface area contributed by atoms with Crippen LogP contribution >= 0.6 is 22.6 Å². The van der Waals surface area contributed by atoms with Crippen molar-refractivity contribution in [1.29, 1.82) is 0 Å². The first kappa shape index (κ1) is 14.7. The smallest absolute Gasteiger partial charge is 0.323 e. The number of anilines is 3. The number of nitrogens with zero attached hydrogens (tertiary/aromatic N) is 3. The van der Waals surface area contributed by atoms with Crippen LogP contribution in [0.25, 0.3) is 0 Å². The van der Waals surface area contributed by atoms with Gasteiger partial charge in [-0.2, -0.15) is 15.0 Å². The van der Waals surface area contributed by atoms with E-state index in [0.29, 0.717) is 15.9 Å². The summed E-state index contributed by atoms with van der Waals surface area (Å²) in [5.74, 6) is 5.40. The summed E-state index contributed by atoms with van der Waals surface area (Å²) < 4.78 is 19.0. The topological polar surface area (TPSA) is 98.0 Å². The highest BCUT2D eigenvalue weighted by Gasteiger charge is 2.09. The molecule has 0 bridgehead atoms. The molecule has 106 valence electrons. The molecular formula is C11H12FIN6O. The molecule has 1 heterocycles. The van der Waals surface area contributed by atoms with E-state index >= 15 is 0 Å². The number of rotatable bonds is 5. The minimum atomic E-state index is -0.310. The molecule has 9 heteroatoms. The number of hydrazine groups is 1. The van der Waals surface area contributed by atoms with Gasteiger partial charge in [-0.25, -0.2) is 10.2 Å². The number of nitrogens with one attached hydrogen (secondary N) is 2. The summed E-state index contributed by atoms with van der Waals surface area (Å²) >= 11 is 2.01. The van der Waals surface area contributed by atoms with Crippen molar-refractivity contribution in [2.75, 3.05) is 17.3 Å². The van der Waals surface area contributed by atoms with E-state index in [1.807, 2.05) is 29.5 Å². The largest absolute Gasteiger partial charge is 0.464 e. The summed E-state index contributed by atoms with van der Waals surface area (Å²) in [5, 5.41) is 2.96. The molecule has 0 radical (unpaired) electrons. The van der Waals surface area contributed by atoms with Crippen molar-refractivity contribution in [2.24, 2.45) is 5.84 Å².